The maximum atomic E-state index is 8.95. The lowest BCUT2D eigenvalue weighted by atomic mass is 9.99. The molecule has 0 saturated carbocycles. The third-order valence-electron chi connectivity index (χ3n) is 11.2. The van der Waals surface area contributed by atoms with Crippen molar-refractivity contribution in [2.24, 2.45) is 0 Å². The van der Waals surface area contributed by atoms with E-state index in [0.29, 0.717) is 23.2 Å². The van der Waals surface area contributed by atoms with Gasteiger partial charge >= 0.3 is 0 Å². The SMILES string of the molecule is C/C=C\C=C(/C)Nc1ccc2c3cccc(-c4cccc5c4oc4ccccc45)c3n(-c3nc(-c4ccccc4)nc(-c4ccc5c(c4)oc4ccccc45)n3)c2c1C=N. The molecule has 0 spiro atoms. The Kier molecular flexibility index (Phi) is 8.23. The van der Waals surface area contributed by atoms with Crippen LogP contribution in [0.3, 0.4) is 0 Å². The molecule has 0 aliphatic rings. The molecule has 8 nitrogen and oxygen atoms in total. The summed E-state index contributed by atoms with van der Waals surface area (Å²) in [6.07, 6.45) is 7.41. The summed E-state index contributed by atoms with van der Waals surface area (Å²) in [5, 5.41) is 18.6. The highest BCUT2D eigenvalue weighted by atomic mass is 16.3. The Morgan fingerprint density at radius 3 is 2.00 bits per heavy atom. The molecule has 0 aliphatic heterocycles. The molecule has 0 bridgehead atoms. The number of hydrogen-bond donors (Lipinski definition) is 2. The molecule has 60 heavy (non-hydrogen) atoms. The molecule has 0 radical (unpaired) electrons. The van der Waals surface area contributed by atoms with Crippen LogP contribution in [0.15, 0.2) is 178 Å². The fourth-order valence-corrected chi connectivity index (χ4v) is 8.48. The van der Waals surface area contributed by atoms with Gasteiger partial charge in [0.15, 0.2) is 11.6 Å². The van der Waals surface area contributed by atoms with Gasteiger partial charge in [0.2, 0.25) is 5.95 Å². The molecule has 8 heteroatoms. The van der Waals surface area contributed by atoms with Gasteiger partial charge in [-0.2, -0.15) is 9.97 Å². The van der Waals surface area contributed by atoms with Crippen molar-refractivity contribution >= 4 is 77.6 Å². The molecule has 11 rings (SSSR count). The van der Waals surface area contributed by atoms with Crippen molar-refractivity contribution in [3.8, 4) is 39.9 Å². The first kappa shape index (κ1) is 35.1. The van der Waals surface area contributed by atoms with Crippen LogP contribution in [-0.2, 0) is 0 Å². The number of rotatable bonds is 8. The lowest BCUT2D eigenvalue weighted by Gasteiger charge is -2.15. The minimum Gasteiger partial charge on any atom is -0.456 e. The van der Waals surface area contributed by atoms with Crippen LogP contribution in [0.5, 0.6) is 0 Å². The smallest absolute Gasteiger partial charge is 0.238 e. The predicted octanol–water partition coefficient (Wildman–Crippen LogP) is 13.7. The van der Waals surface area contributed by atoms with E-state index in [-0.39, 0.29) is 0 Å². The van der Waals surface area contributed by atoms with Crippen molar-refractivity contribution < 1.29 is 8.83 Å². The van der Waals surface area contributed by atoms with Crippen LogP contribution in [0.2, 0.25) is 0 Å². The van der Waals surface area contributed by atoms with Gasteiger partial charge in [-0.25, -0.2) is 4.98 Å². The maximum Gasteiger partial charge on any atom is 0.238 e. The number of nitrogens with zero attached hydrogens (tertiary/aromatic N) is 4. The molecule has 0 aliphatic carbocycles. The number of aromatic nitrogens is 4. The second kappa shape index (κ2) is 14.1. The molecule has 0 atom stereocenters. The first-order valence-electron chi connectivity index (χ1n) is 19.9. The molecular formula is C52H36N6O2. The van der Waals surface area contributed by atoms with Crippen LogP contribution in [-0.4, -0.2) is 25.7 Å². The van der Waals surface area contributed by atoms with Gasteiger partial charge in [0.05, 0.1) is 11.0 Å². The van der Waals surface area contributed by atoms with Crippen LogP contribution >= 0.6 is 0 Å². The number of benzene rings is 7. The van der Waals surface area contributed by atoms with Crippen LogP contribution in [0.25, 0.3) is 106 Å². The van der Waals surface area contributed by atoms with E-state index >= 15 is 0 Å². The van der Waals surface area contributed by atoms with E-state index in [4.69, 9.17) is 29.2 Å². The summed E-state index contributed by atoms with van der Waals surface area (Å²) in [7, 11) is 0. The lowest BCUT2D eigenvalue weighted by Crippen LogP contribution is -2.08. The van der Waals surface area contributed by atoms with E-state index in [1.54, 1.807) is 0 Å². The fourth-order valence-electron chi connectivity index (χ4n) is 8.48. The van der Waals surface area contributed by atoms with E-state index in [2.05, 4.69) is 70.5 Å². The molecule has 0 unspecified atom stereocenters. The quantitative estimate of drug-likeness (QED) is 0.118. The predicted molar refractivity (Wildman–Crippen MR) is 245 cm³/mol. The van der Waals surface area contributed by atoms with Gasteiger partial charge in [0.25, 0.3) is 0 Å². The maximum absolute atomic E-state index is 8.95. The van der Waals surface area contributed by atoms with Crippen molar-refractivity contribution in [1.29, 1.82) is 5.41 Å². The van der Waals surface area contributed by atoms with E-state index in [9.17, 15) is 0 Å². The van der Waals surface area contributed by atoms with Crippen LogP contribution in [0, 0.1) is 5.41 Å². The average Bonchev–Trinajstić information content (AvgIpc) is 3.98. The Morgan fingerprint density at radius 1 is 0.583 bits per heavy atom. The summed E-state index contributed by atoms with van der Waals surface area (Å²) in [6, 6.07) is 49.1. The summed E-state index contributed by atoms with van der Waals surface area (Å²) in [6.45, 7) is 4.00. The first-order chi connectivity index (χ1) is 29.6. The van der Waals surface area contributed by atoms with Gasteiger partial charge in [-0.15, -0.1) is 0 Å². The zero-order valence-corrected chi connectivity index (χ0v) is 32.8. The first-order valence-corrected chi connectivity index (χ1v) is 19.9. The number of para-hydroxylation sites is 4. The van der Waals surface area contributed by atoms with Gasteiger partial charge in [-0.3, -0.25) is 4.57 Å². The van der Waals surface area contributed by atoms with Crippen LogP contribution in [0.1, 0.15) is 19.4 Å². The monoisotopic (exact) mass is 776 g/mol. The average molecular weight is 777 g/mol. The molecule has 2 N–H and O–H groups in total. The zero-order valence-electron chi connectivity index (χ0n) is 32.8. The topological polar surface area (TPSA) is 106 Å². The fraction of sp³-hybridized carbons (Fsp3) is 0.0385. The summed E-state index contributed by atoms with van der Waals surface area (Å²) < 4.78 is 15.1. The molecule has 7 aromatic carbocycles. The van der Waals surface area contributed by atoms with Gasteiger partial charge in [-0.1, -0.05) is 127 Å². The summed E-state index contributed by atoms with van der Waals surface area (Å²) in [5.41, 5.74) is 10.8. The Balaban J connectivity index is 1.25. The Bertz CT molecular complexity index is 3570. The summed E-state index contributed by atoms with van der Waals surface area (Å²) in [4.78, 5) is 15.7. The standard InChI is InChI=1S/C52H36N6O2/c1-3-4-14-31(2)54-43-28-27-39-37-19-12-20-38(41-22-13-21-40-35-18-9-11-24-45(35)60-49(40)41)47(37)58(48(39)42(43)30-53)52-56-50(32-15-6-5-7-16-32)55-51(57-52)33-25-26-36-34-17-8-10-23-44(34)59-46(36)29-33/h3-30,53-54H,1-2H3/b4-3-,31-14+,53-30?. The third kappa shape index (κ3) is 5.61. The highest BCUT2D eigenvalue weighted by molar-refractivity contribution is 6.20. The Labute approximate surface area is 344 Å². The van der Waals surface area contributed by atoms with Crippen molar-refractivity contribution in [1.82, 2.24) is 19.5 Å². The summed E-state index contributed by atoms with van der Waals surface area (Å²) in [5.74, 6) is 1.42. The van der Waals surface area contributed by atoms with Gasteiger partial charge in [-0.05, 0) is 50.3 Å². The molecule has 286 valence electrons. The van der Waals surface area contributed by atoms with Crippen LogP contribution in [0.4, 0.5) is 5.69 Å². The van der Waals surface area contributed by atoms with Crippen molar-refractivity contribution in [3.05, 3.63) is 175 Å². The number of nitrogens with one attached hydrogen (secondary N) is 2. The second-order valence-electron chi connectivity index (χ2n) is 14.8. The Hall–Kier alpha value is -8.10. The third-order valence-corrected chi connectivity index (χ3v) is 11.2. The molecule has 4 heterocycles. The molecule has 0 amide bonds. The molecule has 0 fully saturated rings. The van der Waals surface area contributed by atoms with E-state index in [0.717, 1.165) is 99.3 Å². The van der Waals surface area contributed by atoms with Crippen LogP contribution < -0.4 is 5.32 Å². The van der Waals surface area contributed by atoms with Crippen molar-refractivity contribution in [2.75, 3.05) is 5.32 Å². The highest BCUT2D eigenvalue weighted by Gasteiger charge is 2.25. The number of hydrogen-bond acceptors (Lipinski definition) is 7. The van der Waals surface area contributed by atoms with Crippen molar-refractivity contribution in [3.63, 3.8) is 0 Å². The van der Waals surface area contributed by atoms with E-state index in [1.807, 2.05) is 117 Å². The number of furan rings is 2. The molecule has 0 saturated heterocycles. The minimum atomic E-state index is 0.411. The highest BCUT2D eigenvalue weighted by Crippen LogP contribution is 2.44. The van der Waals surface area contributed by atoms with E-state index in [1.165, 1.54) is 6.21 Å². The minimum absolute atomic E-state index is 0.411. The normalized spacial score (nSPS) is 12.3. The Morgan fingerprint density at radius 2 is 1.22 bits per heavy atom. The molecule has 4 aromatic heterocycles. The number of anilines is 1. The summed E-state index contributed by atoms with van der Waals surface area (Å²) >= 11 is 0. The van der Waals surface area contributed by atoms with Crippen molar-refractivity contribution in [2.45, 2.75) is 13.8 Å². The lowest BCUT2D eigenvalue weighted by molar-refractivity contribution is 0.669. The molecular weight excluding hydrogens is 741 g/mol. The largest absolute Gasteiger partial charge is 0.456 e. The zero-order chi connectivity index (χ0) is 40.3. The number of fused-ring (bicyclic) bond motifs is 9. The van der Waals surface area contributed by atoms with Gasteiger partial charge in [0, 0.05) is 77.7 Å². The number of allylic oxidation sites excluding steroid dienone is 4. The van der Waals surface area contributed by atoms with Gasteiger partial charge < -0.3 is 19.6 Å². The van der Waals surface area contributed by atoms with Gasteiger partial charge in [0.1, 0.15) is 22.3 Å². The second-order valence-corrected chi connectivity index (χ2v) is 14.8. The molecule has 11 aromatic rings. The van der Waals surface area contributed by atoms with E-state index < -0.39 is 0 Å².